The first-order valence-electron chi connectivity index (χ1n) is 7.99. The molecule has 0 radical (unpaired) electrons. The SMILES string of the molecule is CCc1cnccc1C(=O)Nc1cccc(-c2nc(C)cc(=O)[nH]2)c1. The van der Waals surface area contributed by atoms with E-state index >= 15 is 0 Å². The summed E-state index contributed by atoms with van der Waals surface area (Å²) in [7, 11) is 0. The van der Waals surface area contributed by atoms with Gasteiger partial charge >= 0.3 is 0 Å². The minimum Gasteiger partial charge on any atom is -0.322 e. The van der Waals surface area contributed by atoms with Gasteiger partial charge in [-0.1, -0.05) is 19.1 Å². The number of benzene rings is 1. The number of nitrogens with zero attached hydrogens (tertiary/aromatic N) is 2. The summed E-state index contributed by atoms with van der Waals surface area (Å²) >= 11 is 0. The molecule has 3 aromatic rings. The van der Waals surface area contributed by atoms with Gasteiger partial charge < -0.3 is 10.3 Å². The van der Waals surface area contributed by atoms with Crippen molar-refractivity contribution in [2.75, 3.05) is 5.32 Å². The second-order valence-electron chi connectivity index (χ2n) is 5.66. The van der Waals surface area contributed by atoms with E-state index in [1.54, 1.807) is 43.6 Å². The molecule has 25 heavy (non-hydrogen) atoms. The average molecular weight is 334 g/mol. The van der Waals surface area contributed by atoms with Crippen molar-refractivity contribution < 1.29 is 4.79 Å². The lowest BCUT2D eigenvalue weighted by Crippen LogP contribution is -2.14. The Morgan fingerprint density at radius 3 is 2.84 bits per heavy atom. The predicted molar refractivity (Wildman–Crippen MR) is 96.6 cm³/mol. The summed E-state index contributed by atoms with van der Waals surface area (Å²) in [6.07, 6.45) is 4.03. The first kappa shape index (κ1) is 16.6. The van der Waals surface area contributed by atoms with Crippen LogP contribution in [0.15, 0.2) is 53.6 Å². The number of aromatic nitrogens is 3. The van der Waals surface area contributed by atoms with E-state index in [4.69, 9.17) is 0 Å². The van der Waals surface area contributed by atoms with Gasteiger partial charge in [-0.05, 0) is 37.1 Å². The van der Waals surface area contributed by atoms with Gasteiger partial charge in [0.05, 0.1) is 0 Å². The lowest BCUT2D eigenvalue weighted by atomic mass is 10.1. The van der Waals surface area contributed by atoms with Crippen LogP contribution in [0.3, 0.4) is 0 Å². The van der Waals surface area contributed by atoms with Crippen molar-refractivity contribution in [2.45, 2.75) is 20.3 Å². The van der Waals surface area contributed by atoms with Crippen LogP contribution in [-0.2, 0) is 6.42 Å². The summed E-state index contributed by atoms with van der Waals surface area (Å²) in [5.74, 6) is 0.279. The Morgan fingerprint density at radius 1 is 1.24 bits per heavy atom. The number of carbonyl (C=O) groups excluding carboxylic acids is 1. The number of pyridine rings is 1. The number of aromatic amines is 1. The van der Waals surface area contributed by atoms with Crippen molar-refractivity contribution in [3.8, 4) is 11.4 Å². The molecule has 2 heterocycles. The Morgan fingerprint density at radius 2 is 2.08 bits per heavy atom. The number of rotatable bonds is 4. The number of carbonyl (C=O) groups is 1. The second-order valence-corrected chi connectivity index (χ2v) is 5.66. The highest BCUT2D eigenvalue weighted by Crippen LogP contribution is 2.20. The van der Waals surface area contributed by atoms with Crippen molar-refractivity contribution in [3.63, 3.8) is 0 Å². The van der Waals surface area contributed by atoms with Crippen molar-refractivity contribution in [2.24, 2.45) is 0 Å². The molecule has 1 aromatic carbocycles. The number of H-pyrrole nitrogens is 1. The molecule has 0 aliphatic rings. The molecule has 0 bridgehead atoms. The molecular formula is C19H18N4O2. The Bertz CT molecular complexity index is 979. The fourth-order valence-corrected chi connectivity index (χ4v) is 2.59. The smallest absolute Gasteiger partial charge is 0.256 e. The van der Waals surface area contributed by atoms with Crippen LogP contribution in [0.1, 0.15) is 28.5 Å². The van der Waals surface area contributed by atoms with Crippen LogP contribution in [-0.4, -0.2) is 20.9 Å². The van der Waals surface area contributed by atoms with Gasteiger partial charge in [0.2, 0.25) is 0 Å². The minimum atomic E-state index is -0.207. The lowest BCUT2D eigenvalue weighted by Gasteiger charge is -2.10. The van der Waals surface area contributed by atoms with E-state index in [2.05, 4.69) is 20.3 Å². The van der Waals surface area contributed by atoms with Crippen LogP contribution in [0.2, 0.25) is 0 Å². The first-order valence-corrected chi connectivity index (χ1v) is 7.99. The monoisotopic (exact) mass is 334 g/mol. The van der Waals surface area contributed by atoms with Crippen LogP contribution in [0.4, 0.5) is 5.69 Å². The Hall–Kier alpha value is -3.28. The summed E-state index contributed by atoms with van der Waals surface area (Å²) in [6, 6.07) is 10.4. The van der Waals surface area contributed by atoms with Crippen LogP contribution in [0.5, 0.6) is 0 Å². The van der Waals surface area contributed by atoms with E-state index in [1.165, 1.54) is 6.07 Å². The summed E-state index contributed by atoms with van der Waals surface area (Å²) < 4.78 is 0. The lowest BCUT2D eigenvalue weighted by molar-refractivity contribution is 0.102. The highest BCUT2D eigenvalue weighted by molar-refractivity contribution is 6.05. The van der Waals surface area contributed by atoms with E-state index in [0.717, 1.165) is 17.5 Å². The van der Waals surface area contributed by atoms with Crippen LogP contribution < -0.4 is 10.9 Å². The molecule has 0 unspecified atom stereocenters. The zero-order chi connectivity index (χ0) is 17.8. The number of anilines is 1. The van der Waals surface area contributed by atoms with Crippen molar-refractivity contribution in [3.05, 3.63) is 76.0 Å². The standard InChI is InChI=1S/C19H18N4O2/c1-3-13-11-20-8-7-16(13)19(25)22-15-6-4-5-14(10-15)18-21-12(2)9-17(24)23-18/h4-11H,3H2,1-2H3,(H,22,25)(H,21,23,24). The van der Waals surface area contributed by atoms with Crippen LogP contribution in [0.25, 0.3) is 11.4 Å². The molecule has 3 rings (SSSR count). The molecule has 0 saturated heterocycles. The third-order valence-corrected chi connectivity index (χ3v) is 3.79. The molecule has 0 aliphatic carbocycles. The van der Waals surface area contributed by atoms with E-state index < -0.39 is 0 Å². The topological polar surface area (TPSA) is 87.7 Å². The molecule has 0 fully saturated rings. The summed E-state index contributed by atoms with van der Waals surface area (Å²) in [5, 5.41) is 2.89. The molecule has 6 heteroatoms. The van der Waals surface area contributed by atoms with Crippen LogP contribution >= 0.6 is 0 Å². The van der Waals surface area contributed by atoms with E-state index in [1.807, 2.05) is 13.0 Å². The fraction of sp³-hybridized carbons (Fsp3) is 0.158. The molecule has 0 saturated carbocycles. The van der Waals surface area contributed by atoms with Gasteiger partial charge in [0.15, 0.2) is 0 Å². The molecular weight excluding hydrogens is 316 g/mol. The molecule has 1 amide bonds. The average Bonchev–Trinajstić information content (AvgIpc) is 2.61. The third-order valence-electron chi connectivity index (χ3n) is 3.79. The maximum Gasteiger partial charge on any atom is 0.256 e. The van der Waals surface area contributed by atoms with Gasteiger partial charge in [0.25, 0.3) is 11.5 Å². The molecule has 0 spiro atoms. The molecule has 0 aliphatic heterocycles. The highest BCUT2D eigenvalue weighted by atomic mass is 16.1. The number of hydrogen-bond acceptors (Lipinski definition) is 4. The van der Waals surface area contributed by atoms with Crippen LogP contribution in [0, 0.1) is 6.92 Å². The van der Waals surface area contributed by atoms with Crippen molar-refractivity contribution in [1.82, 2.24) is 15.0 Å². The summed E-state index contributed by atoms with van der Waals surface area (Å²) in [6.45, 7) is 3.74. The van der Waals surface area contributed by atoms with E-state index in [-0.39, 0.29) is 11.5 Å². The van der Waals surface area contributed by atoms with Crippen molar-refractivity contribution >= 4 is 11.6 Å². The maximum absolute atomic E-state index is 12.5. The number of hydrogen-bond donors (Lipinski definition) is 2. The maximum atomic E-state index is 12.5. The largest absolute Gasteiger partial charge is 0.322 e. The summed E-state index contributed by atoms with van der Waals surface area (Å²) in [5.41, 5.74) is 3.28. The number of amides is 1. The normalized spacial score (nSPS) is 10.5. The molecule has 126 valence electrons. The zero-order valence-electron chi connectivity index (χ0n) is 14.0. The summed E-state index contributed by atoms with van der Waals surface area (Å²) in [4.78, 5) is 35.3. The van der Waals surface area contributed by atoms with Gasteiger partial charge in [0.1, 0.15) is 5.82 Å². The van der Waals surface area contributed by atoms with Gasteiger partial charge in [-0.15, -0.1) is 0 Å². The quantitative estimate of drug-likeness (QED) is 0.768. The highest BCUT2D eigenvalue weighted by Gasteiger charge is 2.11. The van der Waals surface area contributed by atoms with E-state index in [0.29, 0.717) is 22.8 Å². The van der Waals surface area contributed by atoms with Crippen molar-refractivity contribution in [1.29, 1.82) is 0 Å². The molecule has 2 N–H and O–H groups in total. The minimum absolute atomic E-state index is 0.193. The molecule has 2 aromatic heterocycles. The van der Waals surface area contributed by atoms with Gasteiger partial charge in [-0.3, -0.25) is 14.6 Å². The number of nitrogens with one attached hydrogen (secondary N) is 2. The van der Waals surface area contributed by atoms with Gasteiger partial charge in [-0.25, -0.2) is 4.98 Å². The Labute approximate surface area is 145 Å². The van der Waals surface area contributed by atoms with E-state index in [9.17, 15) is 9.59 Å². The predicted octanol–water partition coefficient (Wildman–Crippen LogP) is 2.96. The number of aryl methyl sites for hydroxylation is 2. The second kappa shape index (κ2) is 7.09. The molecule has 6 nitrogen and oxygen atoms in total. The van der Waals surface area contributed by atoms with Gasteiger partial charge in [-0.2, -0.15) is 0 Å². The molecule has 0 atom stereocenters. The Balaban J connectivity index is 1.89. The zero-order valence-corrected chi connectivity index (χ0v) is 14.0. The van der Waals surface area contributed by atoms with Gasteiger partial charge in [0, 0.05) is 41.0 Å². The third kappa shape index (κ3) is 3.80. The first-order chi connectivity index (χ1) is 12.1. The fourth-order valence-electron chi connectivity index (χ4n) is 2.59. The Kier molecular flexibility index (Phi) is 4.70.